The lowest BCUT2D eigenvalue weighted by Gasteiger charge is -2.24. The van der Waals surface area contributed by atoms with Crippen LogP contribution in [0.3, 0.4) is 0 Å². The van der Waals surface area contributed by atoms with E-state index in [1.807, 2.05) is 43.9 Å². The van der Waals surface area contributed by atoms with E-state index < -0.39 is 0 Å². The van der Waals surface area contributed by atoms with Crippen molar-refractivity contribution in [3.63, 3.8) is 0 Å². The van der Waals surface area contributed by atoms with Gasteiger partial charge >= 0.3 is 0 Å². The zero-order valence-electron chi connectivity index (χ0n) is 11.1. The van der Waals surface area contributed by atoms with Gasteiger partial charge in [-0.1, -0.05) is 6.07 Å². The summed E-state index contributed by atoms with van der Waals surface area (Å²) in [7, 11) is 0. The molecule has 0 saturated heterocycles. The summed E-state index contributed by atoms with van der Waals surface area (Å²) in [6.45, 7) is 9.69. The fraction of sp³-hybridized carbons (Fsp3) is 0.538. The summed E-state index contributed by atoms with van der Waals surface area (Å²) < 4.78 is 0. The van der Waals surface area contributed by atoms with Crippen LogP contribution in [0.1, 0.15) is 33.4 Å². The highest BCUT2D eigenvalue weighted by atomic mass is 15.3. The van der Waals surface area contributed by atoms with Crippen molar-refractivity contribution in [2.24, 2.45) is 10.7 Å². The monoisotopic (exact) mass is 234 g/mol. The maximum absolute atomic E-state index is 6.01. The van der Waals surface area contributed by atoms with Crippen LogP contribution >= 0.6 is 0 Å². The Morgan fingerprint density at radius 2 is 2.12 bits per heavy atom. The van der Waals surface area contributed by atoms with Crippen molar-refractivity contribution < 1.29 is 0 Å². The topological polar surface area (TPSA) is 54.5 Å². The minimum atomic E-state index is -0.151. The predicted molar refractivity (Wildman–Crippen MR) is 71.7 cm³/mol. The van der Waals surface area contributed by atoms with E-state index in [2.05, 4.69) is 16.9 Å². The van der Waals surface area contributed by atoms with Crippen LogP contribution in [0.15, 0.2) is 29.4 Å². The molecule has 0 aliphatic heterocycles. The van der Waals surface area contributed by atoms with Gasteiger partial charge in [-0.3, -0.25) is 4.98 Å². The molecule has 0 bridgehead atoms. The number of hydrogen-bond acceptors (Lipinski definition) is 2. The number of nitrogens with zero attached hydrogens (tertiary/aromatic N) is 3. The minimum absolute atomic E-state index is 0.151. The average molecular weight is 234 g/mol. The molecule has 94 valence electrons. The lowest BCUT2D eigenvalue weighted by molar-refractivity contribution is 0.414. The first-order valence-electron chi connectivity index (χ1n) is 5.92. The first-order chi connectivity index (χ1) is 7.92. The molecule has 0 unspecified atom stereocenters. The van der Waals surface area contributed by atoms with E-state index in [1.54, 1.807) is 6.20 Å². The second-order valence-electron chi connectivity index (χ2n) is 4.98. The normalized spacial score (nSPS) is 12.6. The molecule has 0 fully saturated rings. The van der Waals surface area contributed by atoms with Crippen LogP contribution in [0.4, 0.5) is 0 Å². The average Bonchev–Trinajstić information content (AvgIpc) is 2.24. The van der Waals surface area contributed by atoms with Gasteiger partial charge in [0.25, 0.3) is 0 Å². The smallest absolute Gasteiger partial charge is 0.192 e. The molecule has 1 aromatic rings. The molecular formula is C13H22N4. The Kier molecular flexibility index (Phi) is 4.49. The van der Waals surface area contributed by atoms with Crippen molar-refractivity contribution in [3.05, 3.63) is 30.1 Å². The van der Waals surface area contributed by atoms with Gasteiger partial charge in [-0.25, -0.2) is 4.99 Å². The molecule has 1 heterocycles. The van der Waals surface area contributed by atoms with Crippen molar-refractivity contribution >= 4 is 5.96 Å². The minimum Gasteiger partial charge on any atom is -0.370 e. The first-order valence-corrected chi connectivity index (χ1v) is 5.92. The standard InChI is InChI=1S/C13H22N4/c1-5-17(12(14)16-13(2,3)4)10-11-8-6-7-9-15-11/h6-9H,5,10H2,1-4H3,(H2,14,16). The van der Waals surface area contributed by atoms with Crippen LogP contribution in [0.2, 0.25) is 0 Å². The number of hydrogen-bond donors (Lipinski definition) is 1. The molecule has 0 amide bonds. The van der Waals surface area contributed by atoms with E-state index in [1.165, 1.54) is 0 Å². The van der Waals surface area contributed by atoms with Crippen molar-refractivity contribution in [2.45, 2.75) is 39.8 Å². The summed E-state index contributed by atoms with van der Waals surface area (Å²) in [5, 5.41) is 0. The highest BCUT2D eigenvalue weighted by Crippen LogP contribution is 2.08. The van der Waals surface area contributed by atoms with Gasteiger partial charge in [0, 0.05) is 12.7 Å². The third-order valence-electron chi connectivity index (χ3n) is 2.23. The van der Waals surface area contributed by atoms with Gasteiger partial charge in [0.2, 0.25) is 0 Å². The summed E-state index contributed by atoms with van der Waals surface area (Å²) in [5.74, 6) is 0.575. The van der Waals surface area contributed by atoms with Gasteiger partial charge in [-0.05, 0) is 39.8 Å². The SMILES string of the molecule is CCN(Cc1ccccn1)C(N)=NC(C)(C)C. The van der Waals surface area contributed by atoms with Crippen LogP contribution in [-0.4, -0.2) is 27.9 Å². The Labute approximate surface area is 104 Å². The molecule has 1 aromatic heterocycles. The zero-order valence-corrected chi connectivity index (χ0v) is 11.1. The van der Waals surface area contributed by atoms with Gasteiger partial charge < -0.3 is 10.6 Å². The number of rotatable bonds is 3. The highest BCUT2D eigenvalue weighted by Gasteiger charge is 2.12. The summed E-state index contributed by atoms with van der Waals surface area (Å²) in [6.07, 6.45) is 1.79. The Morgan fingerprint density at radius 3 is 2.59 bits per heavy atom. The third-order valence-corrected chi connectivity index (χ3v) is 2.23. The van der Waals surface area contributed by atoms with Crippen LogP contribution < -0.4 is 5.73 Å². The van der Waals surface area contributed by atoms with E-state index in [0.29, 0.717) is 12.5 Å². The molecule has 0 aromatic carbocycles. The van der Waals surface area contributed by atoms with Gasteiger partial charge in [0.15, 0.2) is 5.96 Å². The molecule has 0 aliphatic rings. The quantitative estimate of drug-likeness (QED) is 0.643. The van der Waals surface area contributed by atoms with Crippen LogP contribution in [0.5, 0.6) is 0 Å². The lowest BCUT2D eigenvalue weighted by Crippen LogP contribution is -2.38. The fourth-order valence-corrected chi connectivity index (χ4v) is 1.46. The molecular weight excluding hydrogens is 212 g/mol. The van der Waals surface area contributed by atoms with Crippen molar-refractivity contribution in [1.29, 1.82) is 0 Å². The third kappa shape index (κ3) is 4.85. The predicted octanol–water partition coefficient (Wildman–Crippen LogP) is 2.02. The summed E-state index contributed by atoms with van der Waals surface area (Å²) in [4.78, 5) is 10.8. The molecule has 2 N–H and O–H groups in total. The van der Waals surface area contributed by atoms with Crippen molar-refractivity contribution in [3.8, 4) is 0 Å². The number of pyridine rings is 1. The van der Waals surface area contributed by atoms with Crippen LogP contribution in [-0.2, 0) is 6.54 Å². The van der Waals surface area contributed by atoms with E-state index in [9.17, 15) is 0 Å². The Morgan fingerprint density at radius 1 is 1.41 bits per heavy atom. The summed E-state index contributed by atoms with van der Waals surface area (Å²) >= 11 is 0. The maximum atomic E-state index is 6.01. The van der Waals surface area contributed by atoms with E-state index >= 15 is 0 Å². The molecule has 0 radical (unpaired) electrons. The van der Waals surface area contributed by atoms with E-state index in [-0.39, 0.29) is 5.54 Å². The Hall–Kier alpha value is -1.58. The number of aromatic nitrogens is 1. The molecule has 0 atom stereocenters. The molecule has 0 saturated carbocycles. The number of nitrogens with two attached hydrogens (primary N) is 1. The lowest BCUT2D eigenvalue weighted by atomic mass is 10.1. The van der Waals surface area contributed by atoms with E-state index in [0.717, 1.165) is 12.2 Å². The second kappa shape index (κ2) is 5.66. The molecule has 4 nitrogen and oxygen atoms in total. The second-order valence-corrected chi connectivity index (χ2v) is 4.98. The van der Waals surface area contributed by atoms with Crippen molar-refractivity contribution in [1.82, 2.24) is 9.88 Å². The first kappa shape index (κ1) is 13.5. The molecule has 17 heavy (non-hydrogen) atoms. The van der Waals surface area contributed by atoms with Gasteiger partial charge in [-0.15, -0.1) is 0 Å². The van der Waals surface area contributed by atoms with Gasteiger partial charge in [-0.2, -0.15) is 0 Å². The molecule has 1 rings (SSSR count). The number of aliphatic imine (C=N–C) groups is 1. The zero-order chi connectivity index (χ0) is 12.9. The maximum Gasteiger partial charge on any atom is 0.192 e. The van der Waals surface area contributed by atoms with Crippen molar-refractivity contribution in [2.75, 3.05) is 6.54 Å². The molecule has 0 aliphatic carbocycles. The van der Waals surface area contributed by atoms with Crippen LogP contribution in [0.25, 0.3) is 0 Å². The Bertz CT molecular complexity index is 365. The molecule has 4 heteroatoms. The highest BCUT2D eigenvalue weighted by molar-refractivity contribution is 5.78. The molecule has 0 spiro atoms. The summed E-state index contributed by atoms with van der Waals surface area (Å²) in [5.41, 5.74) is 6.86. The largest absolute Gasteiger partial charge is 0.370 e. The van der Waals surface area contributed by atoms with Gasteiger partial charge in [0.1, 0.15) is 0 Å². The fourth-order valence-electron chi connectivity index (χ4n) is 1.46. The Balaban J connectivity index is 2.76. The van der Waals surface area contributed by atoms with E-state index in [4.69, 9.17) is 5.73 Å². The van der Waals surface area contributed by atoms with Crippen LogP contribution in [0, 0.1) is 0 Å². The summed E-state index contributed by atoms with van der Waals surface area (Å²) in [6, 6.07) is 5.88. The number of guanidine groups is 1. The van der Waals surface area contributed by atoms with Gasteiger partial charge in [0.05, 0.1) is 17.8 Å².